The molecule has 0 amide bonds. The number of nitrogens with two attached hydrogens (primary N) is 1. The Labute approximate surface area is 140 Å². The predicted octanol–water partition coefficient (Wildman–Crippen LogP) is 2.05. The van der Waals surface area contributed by atoms with Crippen LogP contribution in [0.25, 0.3) is 0 Å². The van der Waals surface area contributed by atoms with Crippen LogP contribution in [-0.2, 0) is 10.0 Å². The van der Waals surface area contributed by atoms with Crippen molar-refractivity contribution in [2.75, 3.05) is 18.4 Å². The Morgan fingerprint density at radius 3 is 2.57 bits per heavy atom. The molecule has 2 rings (SSSR count). The number of nitrogens with one attached hydrogen (secondary N) is 2. The lowest BCUT2D eigenvalue weighted by Gasteiger charge is -2.07. The van der Waals surface area contributed by atoms with Gasteiger partial charge in [0.2, 0.25) is 10.0 Å². The number of sulfonamides is 1. The highest BCUT2D eigenvalue weighted by atomic mass is 35.5. The van der Waals surface area contributed by atoms with E-state index in [4.69, 9.17) is 17.3 Å². The minimum absolute atomic E-state index is 0.115. The molecule has 0 aliphatic carbocycles. The lowest BCUT2D eigenvalue weighted by molar-refractivity contribution is 0.582. The quantitative estimate of drug-likeness (QED) is 0.421. The van der Waals surface area contributed by atoms with Gasteiger partial charge in [0, 0.05) is 17.3 Å². The second-order valence-electron chi connectivity index (χ2n) is 4.61. The molecule has 8 heteroatoms. The number of guanidine groups is 1. The summed E-state index contributed by atoms with van der Waals surface area (Å²) < 4.78 is 26.6. The van der Waals surface area contributed by atoms with E-state index in [0.29, 0.717) is 5.02 Å². The van der Waals surface area contributed by atoms with Gasteiger partial charge >= 0.3 is 0 Å². The Morgan fingerprint density at radius 1 is 1.13 bits per heavy atom. The van der Waals surface area contributed by atoms with Crippen molar-refractivity contribution in [1.82, 2.24) is 4.72 Å². The topological polar surface area (TPSA) is 96.6 Å². The Bertz CT molecular complexity index is 779. The minimum atomic E-state index is -3.60. The molecular formula is C15H17ClN4O2S. The van der Waals surface area contributed by atoms with E-state index >= 15 is 0 Å². The number of nitrogens with zero attached hydrogens (tertiary/aromatic N) is 1. The van der Waals surface area contributed by atoms with Crippen molar-refractivity contribution in [2.24, 2.45) is 10.7 Å². The van der Waals surface area contributed by atoms with Crippen LogP contribution in [0, 0.1) is 0 Å². The SMILES string of the molecule is NC(=NCCNS(=O)(=O)c1cccc(Cl)c1)Nc1ccccc1. The zero-order valence-corrected chi connectivity index (χ0v) is 13.8. The normalized spacial score (nSPS) is 12.1. The first-order valence-electron chi connectivity index (χ1n) is 6.84. The van der Waals surface area contributed by atoms with Crippen molar-refractivity contribution in [3.05, 3.63) is 59.6 Å². The average molecular weight is 353 g/mol. The van der Waals surface area contributed by atoms with Gasteiger partial charge in [-0.25, -0.2) is 13.1 Å². The van der Waals surface area contributed by atoms with Gasteiger partial charge in [-0.2, -0.15) is 0 Å². The van der Waals surface area contributed by atoms with E-state index in [1.165, 1.54) is 12.1 Å². The summed E-state index contributed by atoms with van der Waals surface area (Å²) in [6, 6.07) is 15.4. The van der Waals surface area contributed by atoms with Crippen molar-refractivity contribution < 1.29 is 8.42 Å². The lowest BCUT2D eigenvalue weighted by Crippen LogP contribution is -2.28. The Balaban J connectivity index is 1.85. The molecule has 23 heavy (non-hydrogen) atoms. The van der Waals surface area contributed by atoms with Gasteiger partial charge in [-0.05, 0) is 30.3 Å². The summed E-state index contributed by atoms with van der Waals surface area (Å²) >= 11 is 5.79. The van der Waals surface area contributed by atoms with Gasteiger partial charge in [-0.15, -0.1) is 0 Å². The monoisotopic (exact) mass is 352 g/mol. The van der Waals surface area contributed by atoms with E-state index in [1.807, 2.05) is 30.3 Å². The van der Waals surface area contributed by atoms with Crippen LogP contribution in [-0.4, -0.2) is 27.5 Å². The standard InChI is InChI=1S/C15H17ClN4O2S/c16-12-5-4-8-14(11-12)23(21,22)19-10-9-18-15(17)20-13-6-2-1-3-7-13/h1-8,11,19H,9-10H2,(H3,17,18,20). The molecular weight excluding hydrogens is 336 g/mol. The van der Waals surface area contributed by atoms with Gasteiger partial charge in [0.25, 0.3) is 0 Å². The van der Waals surface area contributed by atoms with Crippen LogP contribution >= 0.6 is 11.6 Å². The highest BCUT2D eigenvalue weighted by Gasteiger charge is 2.13. The summed E-state index contributed by atoms with van der Waals surface area (Å²) in [6.07, 6.45) is 0. The smallest absolute Gasteiger partial charge is 0.240 e. The van der Waals surface area contributed by atoms with Crippen molar-refractivity contribution >= 4 is 33.3 Å². The number of para-hydroxylation sites is 1. The Morgan fingerprint density at radius 2 is 1.87 bits per heavy atom. The highest BCUT2D eigenvalue weighted by Crippen LogP contribution is 2.14. The molecule has 0 saturated carbocycles. The van der Waals surface area contributed by atoms with Crippen molar-refractivity contribution in [1.29, 1.82) is 0 Å². The second-order valence-corrected chi connectivity index (χ2v) is 6.82. The Hall–Kier alpha value is -2.09. The van der Waals surface area contributed by atoms with Crippen molar-refractivity contribution in [3.63, 3.8) is 0 Å². The third-order valence-corrected chi connectivity index (χ3v) is 4.53. The molecule has 0 unspecified atom stereocenters. The predicted molar refractivity (Wildman–Crippen MR) is 93.2 cm³/mol. The molecule has 4 N–H and O–H groups in total. The molecule has 0 saturated heterocycles. The molecule has 0 heterocycles. The zero-order chi connectivity index (χ0) is 16.7. The summed E-state index contributed by atoms with van der Waals surface area (Å²) in [6.45, 7) is 0.345. The molecule has 0 radical (unpaired) electrons. The van der Waals surface area contributed by atoms with Crippen LogP contribution in [0.3, 0.4) is 0 Å². The van der Waals surface area contributed by atoms with Crippen LogP contribution < -0.4 is 15.8 Å². The van der Waals surface area contributed by atoms with E-state index in [2.05, 4.69) is 15.0 Å². The molecule has 0 atom stereocenters. The van der Waals surface area contributed by atoms with Gasteiger partial charge in [-0.3, -0.25) is 4.99 Å². The van der Waals surface area contributed by atoms with Gasteiger partial charge < -0.3 is 11.1 Å². The number of benzene rings is 2. The molecule has 6 nitrogen and oxygen atoms in total. The molecule has 122 valence electrons. The number of rotatable bonds is 6. The largest absolute Gasteiger partial charge is 0.370 e. The van der Waals surface area contributed by atoms with Gasteiger partial charge in [0.05, 0.1) is 11.4 Å². The van der Waals surface area contributed by atoms with Crippen molar-refractivity contribution in [3.8, 4) is 0 Å². The first-order chi connectivity index (χ1) is 11.0. The first kappa shape index (κ1) is 17.3. The maximum absolute atomic E-state index is 12.1. The summed E-state index contributed by atoms with van der Waals surface area (Å²) in [5.74, 6) is 0.221. The van der Waals surface area contributed by atoms with E-state index < -0.39 is 10.0 Å². The second kappa shape index (κ2) is 7.96. The number of aliphatic imine (C=N–C) groups is 1. The fraction of sp³-hybridized carbons (Fsp3) is 0.133. The molecule has 0 aliphatic heterocycles. The maximum atomic E-state index is 12.1. The number of hydrogen-bond acceptors (Lipinski definition) is 3. The molecule has 0 fully saturated rings. The van der Waals surface area contributed by atoms with E-state index in [0.717, 1.165) is 5.69 Å². The van der Waals surface area contributed by atoms with E-state index in [9.17, 15) is 8.42 Å². The molecule has 0 aromatic heterocycles. The summed E-state index contributed by atoms with van der Waals surface area (Å²) in [7, 11) is -3.60. The minimum Gasteiger partial charge on any atom is -0.370 e. The third-order valence-electron chi connectivity index (χ3n) is 2.84. The number of halogens is 1. The lowest BCUT2D eigenvalue weighted by atomic mass is 10.3. The molecule has 0 spiro atoms. The van der Waals surface area contributed by atoms with Crippen LogP contribution in [0.2, 0.25) is 5.02 Å². The number of hydrogen-bond donors (Lipinski definition) is 3. The summed E-state index contributed by atoms with van der Waals surface area (Å²) in [5.41, 5.74) is 6.54. The number of anilines is 1. The summed E-state index contributed by atoms with van der Waals surface area (Å²) in [4.78, 5) is 4.18. The molecule has 2 aromatic rings. The van der Waals surface area contributed by atoms with E-state index in [-0.39, 0.29) is 23.9 Å². The first-order valence-corrected chi connectivity index (χ1v) is 8.71. The van der Waals surface area contributed by atoms with Gasteiger partial charge in [0.15, 0.2) is 5.96 Å². The van der Waals surface area contributed by atoms with Crippen LogP contribution in [0.1, 0.15) is 0 Å². The average Bonchev–Trinajstić information content (AvgIpc) is 2.53. The van der Waals surface area contributed by atoms with E-state index in [1.54, 1.807) is 12.1 Å². The fourth-order valence-corrected chi connectivity index (χ4v) is 3.10. The maximum Gasteiger partial charge on any atom is 0.240 e. The van der Waals surface area contributed by atoms with Gasteiger partial charge in [0.1, 0.15) is 0 Å². The zero-order valence-electron chi connectivity index (χ0n) is 12.2. The van der Waals surface area contributed by atoms with Crippen molar-refractivity contribution in [2.45, 2.75) is 4.90 Å². The molecule has 0 aliphatic rings. The van der Waals surface area contributed by atoms with Gasteiger partial charge in [-0.1, -0.05) is 35.9 Å². The van der Waals surface area contributed by atoms with Crippen LogP contribution in [0.15, 0.2) is 64.5 Å². The third kappa shape index (κ3) is 5.55. The summed E-state index contributed by atoms with van der Waals surface area (Å²) in [5, 5.41) is 3.27. The molecule has 2 aromatic carbocycles. The highest BCUT2D eigenvalue weighted by molar-refractivity contribution is 7.89. The fourth-order valence-electron chi connectivity index (χ4n) is 1.78. The molecule has 0 bridgehead atoms. The Kier molecular flexibility index (Phi) is 5.97. The van der Waals surface area contributed by atoms with Crippen LogP contribution in [0.5, 0.6) is 0 Å². The van der Waals surface area contributed by atoms with Crippen LogP contribution in [0.4, 0.5) is 5.69 Å².